The molecule has 1 nitrogen and oxygen atoms in total. The van der Waals surface area contributed by atoms with E-state index in [9.17, 15) is 0 Å². The van der Waals surface area contributed by atoms with Gasteiger partial charge in [0.25, 0.3) is 0 Å². The number of hydrogen-bond donors (Lipinski definition) is 1. The van der Waals surface area contributed by atoms with Gasteiger partial charge < -0.3 is 5.32 Å². The van der Waals surface area contributed by atoms with E-state index in [0.29, 0.717) is 32.3 Å². The molecule has 0 bridgehead atoms. The highest BCUT2D eigenvalue weighted by Crippen LogP contribution is 2.34. The predicted molar refractivity (Wildman–Crippen MR) is 80.3 cm³/mol. The van der Waals surface area contributed by atoms with Crippen LogP contribution in [0.5, 0.6) is 0 Å². The van der Waals surface area contributed by atoms with E-state index in [2.05, 4.69) is 5.32 Å². The van der Waals surface area contributed by atoms with Crippen LogP contribution in [-0.4, -0.2) is 0 Å². The lowest BCUT2D eigenvalue weighted by Gasteiger charge is -2.11. The monoisotopic (exact) mass is 319 g/mol. The van der Waals surface area contributed by atoms with Gasteiger partial charge in [-0.3, -0.25) is 0 Å². The molecule has 0 aliphatic rings. The van der Waals surface area contributed by atoms with Crippen molar-refractivity contribution in [2.24, 2.45) is 0 Å². The molecule has 0 saturated heterocycles. The van der Waals surface area contributed by atoms with Crippen LogP contribution in [0.25, 0.3) is 0 Å². The van der Waals surface area contributed by atoms with Crippen LogP contribution < -0.4 is 5.32 Å². The molecular weight excluding hydrogens is 312 g/mol. The van der Waals surface area contributed by atoms with E-state index in [0.717, 1.165) is 5.56 Å². The molecule has 2 rings (SSSR count). The third-order valence-electron chi connectivity index (χ3n) is 2.42. The van der Waals surface area contributed by atoms with E-state index in [1.807, 2.05) is 24.3 Å². The third-order valence-corrected chi connectivity index (χ3v) is 3.60. The molecule has 94 valence electrons. The Hall–Kier alpha value is -0.600. The minimum absolute atomic E-state index is 0.486. The number of rotatable bonds is 3. The van der Waals surface area contributed by atoms with E-state index in [1.54, 1.807) is 12.1 Å². The van der Waals surface area contributed by atoms with Crippen molar-refractivity contribution in [2.75, 3.05) is 5.32 Å². The molecule has 18 heavy (non-hydrogen) atoms. The van der Waals surface area contributed by atoms with Gasteiger partial charge in [0, 0.05) is 16.6 Å². The minimum Gasteiger partial charge on any atom is -0.378 e. The molecule has 2 aromatic carbocycles. The van der Waals surface area contributed by atoms with Crippen LogP contribution in [-0.2, 0) is 6.54 Å². The molecule has 1 N–H and O–H groups in total. The highest BCUT2D eigenvalue weighted by atomic mass is 35.5. The Kier molecular flexibility index (Phi) is 4.63. The average molecular weight is 321 g/mol. The first-order chi connectivity index (χ1) is 8.58. The second-order valence-corrected chi connectivity index (χ2v) is 5.35. The van der Waals surface area contributed by atoms with Gasteiger partial charge in [0.15, 0.2) is 0 Å². The van der Waals surface area contributed by atoms with Gasteiger partial charge >= 0.3 is 0 Å². The largest absolute Gasteiger partial charge is 0.378 e. The molecule has 0 aliphatic heterocycles. The Morgan fingerprint density at radius 1 is 0.833 bits per heavy atom. The molecule has 0 radical (unpaired) electrons. The third kappa shape index (κ3) is 3.24. The zero-order chi connectivity index (χ0) is 13.1. The number of anilines is 1. The molecule has 0 saturated carbocycles. The summed E-state index contributed by atoms with van der Waals surface area (Å²) in [7, 11) is 0. The first kappa shape index (κ1) is 13.8. The topological polar surface area (TPSA) is 12.0 Å². The van der Waals surface area contributed by atoms with Crippen LogP contribution in [0.3, 0.4) is 0 Å². The second-order valence-electron chi connectivity index (χ2n) is 3.69. The molecule has 2 aromatic rings. The molecule has 0 atom stereocenters. The maximum Gasteiger partial charge on any atom is 0.0722 e. The summed E-state index contributed by atoms with van der Waals surface area (Å²) in [6.45, 7) is 0.542. The lowest BCUT2D eigenvalue weighted by Crippen LogP contribution is -2.01. The van der Waals surface area contributed by atoms with Crippen molar-refractivity contribution >= 4 is 52.1 Å². The summed E-state index contributed by atoms with van der Waals surface area (Å²) in [5.74, 6) is 0. The zero-order valence-electron chi connectivity index (χ0n) is 9.18. The van der Waals surface area contributed by atoms with Gasteiger partial charge in [-0.1, -0.05) is 64.6 Å². The Morgan fingerprint density at radius 2 is 1.44 bits per heavy atom. The summed E-state index contributed by atoms with van der Waals surface area (Å²) in [6.07, 6.45) is 0. The molecule has 5 heteroatoms. The summed E-state index contributed by atoms with van der Waals surface area (Å²) in [5.41, 5.74) is 1.63. The molecule has 0 aliphatic carbocycles. The molecule has 0 fully saturated rings. The summed E-state index contributed by atoms with van der Waals surface area (Å²) < 4.78 is 0. The Labute approximate surface area is 126 Å². The van der Waals surface area contributed by atoms with Gasteiger partial charge in [-0.15, -0.1) is 0 Å². The fraction of sp³-hybridized carbons (Fsp3) is 0.0769. The normalized spacial score (nSPS) is 10.4. The van der Waals surface area contributed by atoms with Crippen LogP contribution in [0.15, 0.2) is 36.4 Å². The predicted octanol–water partition coefficient (Wildman–Crippen LogP) is 5.91. The van der Waals surface area contributed by atoms with Crippen molar-refractivity contribution in [3.05, 3.63) is 62.1 Å². The summed E-state index contributed by atoms with van der Waals surface area (Å²) >= 11 is 24.1. The molecular formula is C13H9Cl4N. The van der Waals surface area contributed by atoms with Crippen molar-refractivity contribution in [3.8, 4) is 0 Å². The molecule has 0 spiro atoms. The summed E-state index contributed by atoms with van der Waals surface area (Å²) in [4.78, 5) is 0. The van der Waals surface area contributed by atoms with E-state index in [4.69, 9.17) is 46.4 Å². The van der Waals surface area contributed by atoms with Crippen molar-refractivity contribution in [1.82, 2.24) is 0 Å². The maximum absolute atomic E-state index is 6.08. The van der Waals surface area contributed by atoms with Crippen LogP contribution >= 0.6 is 46.4 Å². The minimum atomic E-state index is 0.486. The van der Waals surface area contributed by atoms with Crippen molar-refractivity contribution < 1.29 is 0 Å². The lowest BCUT2D eigenvalue weighted by molar-refractivity contribution is 1.15. The van der Waals surface area contributed by atoms with Crippen LogP contribution in [0.2, 0.25) is 20.1 Å². The quantitative estimate of drug-likeness (QED) is 0.741. The van der Waals surface area contributed by atoms with Gasteiger partial charge in [-0.05, 0) is 23.8 Å². The number of halogens is 4. The fourth-order valence-electron chi connectivity index (χ4n) is 1.54. The highest BCUT2D eigenvalue weighted by Gasteiger charge is 2.08. The molecule has 0 unspecified atom stereocenters. The van der Waals surface area contributed by atoms with Crippen molar-refractivity contribution in [1.29, 1.82) is 0 Å². The van der Waals surface area contributed by atoms with Gasteiger partial charge in [-0.2, -0.15) is 0 Å². The fourth-order valence-corrected chi connectivity index (χ4v) is 2.69. The first-order valence-corrected chi connectivity index (χ1v) is 6.71. The Balaban J connectivity index is 2.19. The summed E-state index contributed by atoms with van der Waals surface area (Å²) in [5, 5.41) is 5.34. The van der Waals surface area contributed by atoms with Crippen LogP contribution in [0.1, 0.15) is 5.56 Å². The van der Waals surface area contributed by atoms with Gasteiger partial charge in [0.1, 0.15) is 0 Å². The first-order valence-electron chi connectivity index (χ1n) is 5.20. The standard InChI is InChI=1S/C13H9Cl4N/c14-9-5-11(16)13(12(17)6-9)18-7-8-3-1-2-4-10(8)15/h1-6,18H,7H2. The number of benzene rings is 2. The average Bonchev–Trinajstić information content (AvgIpc) is 2.30. The molecule has 0 aromatic heterocycles. The summed E-state index contributed by atoms with van der Waals surface area (Å²) in [6, 6.07) is 10.9. The van der Waals surface area contributed by atoms with E-state index < -0.39 is 0 Å². The maximum atomic E-state index is 6.08. The van der Waals surface area contributed by atoms with E-state index in [-0.39, 0.29) is 0 Å². The molecule has 0 heterocycles. The Morgan fingerprint density at radius 3 is 2.06 bits per heavy atom. The number of nitrogens with one attached hydrogen (secondary N) is 1. The van der Waals surface area contributed by atoms with Crippen LogP contribution in [0.4, 0.5) is 5.69 Å². The van der Waals surface area contributed by atoms with E-state index in [1.165, 1.54) is 0 Å². The van der Waals surface area contributed by atoms with Crippen molar-refractivity contribution in [2.45, 2.75) is 6.54 Å². The van der Waals surface area contributed by atoms with Gasteiger partial charge in [0.2, 0.25) is 0 Å². The smallest absolute Gasteiger partial charge is 0.0722 e. The van der Waals surface area contributed by atoms with Gasteiger partial charge in [0.05, 0.1) is 15.7 Å². The highest BCUT2D eigenvalue weighted by molar-refractivity contribution is 6.41. The zero-order valence-corrected chi connectivity index (χ0v) is 12.2. The second kappa shape index (κ2) is 6.03. The lowest BCUT2D eigenvalue weighted by atomic mass is 10.2. The van der Waals surface area contributed by atoms with Crippen molar-refractivity contribution in [3.63, 3.8) is 0 Å². The Bertz CT molecular complexity index is 546. The molecule has 0 amide bonds. The van der Waals surface area contributed by atoms with E-state index >= 15 is 0 Å². The van der Waals surface area contributed by atoms with Gasteiger partial charge in [-0.25, -0.2) is 0 Å². The number of hydrogen-bond acceptors (Lipinski definition) is 1. The van der Waals surface area contributed by atoms with Crippen LogP contribution in [0, 0.1) is 0 Å². The SMILES string of the molecule is Clc1cc(Cl)c(NCc2ccccc2Cl)c(Cl)c1.